The number of hydrogen-bond acceptors (Lipinski definition) is 3. The second-order valence-electron chi connectivity index (χ2n) is 5.10. The molecule has 0 saturated carbocycles. The molecular weight excluding hydrogens is 240 g/mol. The molecule has 1 aromatic carbocycles. The third-order valence-corrected chi connectivity index (χ3v) is 3.75. The van der Waals surface area contributed by atoms with Crippen molar-refractivity contribution >= 4 is 11.6 Å². The molecule has 0 aliphatic carbocycles. The number of rotatable bonds is 4. The highest BCUT2D eigenvalue weighted by molar-refractivity contribution is 5.93. The number of anilines is 1. The fourth-order valence-corrected chi connectivity index (χ4v) is 2.96. The lowest BCUT2D eigenvalue weighted by molar-refractivity contribution is -0.118. The number of hydrogen-bond donors (Lipinski definition) is 1. The molecule has 0 unspecified atom stereocenters. The van der Waals surface area contributed by atoms with Crippen molar-refractivity contribution in [1.82, 2.24) is 5.32 Å². The number of para-hydroxylation sites is 1. The number of carbonyl (C=O) groups is 1. The van der Waals surface area contributed by atoms with Crippen LogP contribution in [0.4, 0.5) is 5.69 Å². The van der Waals surface area contributed by atoms with Gasteiger partial charge in [-0.1, -0.05) is 18.2 Å². The molecule has 4 heteroatoms. The molecule has 104 valence electrons. The largest absolute Gasteiger partial charge is 0.382 e. The van der Waals surface area contributed by atoms with E-state index in [1.807, 2.05) is 35.2 Å². The number of amides is 1. The molecule has 0 atom stereocenters. The van der Waals surface area contributed by atoms with E-state index in [9.17, 15) is 4.79 Å². The number of benzene rings is 1. The number of ether oxygens (including phenoxy) is 1. The fourth-order valence-electron chi connectivity index (χ4n) is 2.96. The van der Waals surface area contributed by atoms with E-state index in [4.69, 9.17) is 4.74 Å². The predicted molar refractivity (Wildman–Crippen MR) is 76.3 cm³/mol. The van der Waals surface area contributed by atoms with Crippen molar-refractivity contribution in [2.75, 3.05) is 31.7 Å². The van der Waals surface area contributed by atoms with Gasteiger partial charge in [0.25, 0.3) is 0 Å². The van der Waals surface area contributed by atoms with Crippen LogP contribution in [0, 0.1) is 0 Å². The first-order chi connectivity index (χ1) is 9.19. The Morgan fingerprint density at radius 3 is 2.47 bits per heavy atom. The molecule has 1 saturated heterocycles. The minimum atomic E-state index is -0.229. The smallest absolute Gasteiger partial charge is 0.224 e. The zero-order valence-corrected chi connectivity index (χ0v) is 11.7. The molecule has 2 rings (SSSR count). The summed E-state index contributed by atoms with van der Waals surface area (Å²) in [5.41, 5.74) is 0.724. The lowest BCUT2D eigenvalue weighted by atomic mass is 9.86. The Labute approximate surface area is 114 Å². The van der Waals surface area contributed by atoms with E-state index in [1.54, 1.807) is 14.0 Å². The molecule has 1 N–H and O–H groups in total. The molecule has 19 heavy (non-hydrogen) atoms. The maximum atomic E-state index is 12.2. The number of piperidine rings is 1. The van der Waals surface area contributed by atoms with Crippen LogP contribution in [0.1, 0.15) is 19.8 Å². The van der Waals surface area contributed by atoms with Gasteiger partial charge in [-0.15, -0.1) is 0 Å². The van der Waals surface area contributed by atoms with Crippen molar-refractivity contribution in [2.45, 2.75) is 25.3 Å². The summed E-state index contributed by atoms with van der Waals surface area (Å²) in [6.45, 7) is 4.04. The van der Waals surface area contributed by atoms with Gasteiger partial charge in [-0.05, 0) is 38.1 Å². The summed E-state index contributed by atoms with van der Waals surface area (Å²) >= 11 is 0. The van der Waals surface area contributed by atoms with Crippen molar-refractivity contribution in [3.05, 3.63) is 30.3 Å². The zero-order valence-electron chi connectivity index (χ0n) is 11.7. The Morgan fingerprint density at radius 1 is 1.32 bits per heavy atom. The van der Waals surface area contributed by atoms with Crippen molar-refractivity contribution < 1.29 is 9.53 Å². The van der Waals surface area contributed by atoms with Crippen LogP contribution in [0.2, 0.25) is 0 Å². The summed E-state index contributed by atoms with van der Waals surface area (Å²) < 4.78 is 5.42. The van der Waals surface area contributed by atoms with E-state index in [0.29, 0.717) is 6.61 Å². The first-order valence-corrected chi connectivity index (χ1v) is 6.75. The molecule has 4 nitrogen and oxygen atoms in total. The van der Waals surface area contributed by atoms with Gasteiger partial charge in [0.1, 0.15) is 0 Å². The molecular formula is C15H22N2O2. The molecule has 1 amide bonds. The highest BCUT2D eigenvalue weighted by atomic mass is 16.5. The second-order valence-corrected chi connectivity index (χ2v) is 5.10. The maximum Gasteiger partial charge on any atom is 0.224 e. The monoisotopic (exact) mass is 262 g/mol. The molecule has 1 aliphatic rings. The normalized spacial score (nSPS) is 18.0. The van der Waals surface area contributed by atoms with Crippen LogP contribution in [-0.4, -0.2) is 38.3 Å². The maximum absolute atomic E-state index is 12.2. The van der Waals surface area contributed by atoms with Gasteiger partial charge >= 0.3 is 0 Å². The van der Waals surface area contributed by atoms with E-state index < -0.39 is 0 Å². The predicted octanol–water partition coefficient (Wildman–Crippen LogP) is 1.81. The summed E-state index contributed by atoms with van der Waals surface area (Å²) in [5, 5.41) is 3.35. The number of nitrogens with zero attached hydrogens (tertiary/aromatic N) is 1. The van der Waals surface area contributed by atoms with Gasteiger partial charge in [-0.2, -0.15) is 0 Å². The van der Waals surface area contributed by atoms with E-state index >= 15 is 0 Å². The van der Waals surface area contributed by atoms with Gasteiger partial charge in [0, 0.05) is 19.7 Å². The Bertz CT molecular complexity index is 408. The lowest BCUT2D eigenvalue weighted by Crippen LogP contribution is -2.59. The number of nitrogens with one attached hydrogen (secondary N) is 1. The third kappa shape index (κ3) is 2.96. The Morgan fingerprint density at radius 2 is 1.95 bits per heavy atom. The van der Waals surface area contributed by atoms with Crippen molar-refractivity contribution in [1.29, 1.82) is 0 Å². The fraction of sp³-hybridized carbons (Fsp3) is 0.533. The van der Waals surface area contributed by atoms with Crippen LogP contribution in [0.5, 0.6) is 0 Å². The minimum absolute atomic E-state index is 0.0742. The first-order valence-electron chi connectivity index (χ1n) is 6.75. The molecule has 0 spiro atoms. The molecule has 0 aromatic heterocycles. The summed E-state index contributed by atoms with van der Waals surface area (Å²) in [4.78, 5) is 14.1. The van der Waals surface area contributed by atoms with Crippen molar-refractivity contribution in [2.24, 2.45) is 0 Å². The van der Waals surface area contributed by atoms with Crippen LogP contribution in [0.25, 0.3) is 0 Å². The molecule has 1 aromatic rings. The van der Waals surface area contributed by atoms with Crippen LogP contribution in [-0.2, 0) is 9.53 Å². The summed E-state index contributed by atoms with van der Waals surface area (Å²) in [5.74, 6) is 0.0742. The van der Waals surface area contributed by atoms with E-state index in [-0.39, 0.29) is 11.4 Å². The SMILES string of the molecule is COCC1(N(C(C)=O)c2ccccc2)CCNCC1. The van der Waals surface area contributed by atoms with Crippen LogP contribution < -0.4 is 10.2 Å². The lowest BCUT2D eigenvalue weighted by Gasteiger charge is -2.45. The van der Waals surface area contributed by atoms with E-state index in [0.717, 1.165) is 31.6 Å². The highest BCUT2D eigenvalue weighted by Crippen LogP contribution is 2.32. The van der Waals surface area contributed by atoms with Gasteiger partial charge in [0.2, 0.25) is 5.91 Å². The van der Waals surface area contributed by atoms with Crippen LogP contribution >= 0.6 is 0 Å². The van der Waals surface area contributed by atoms with Gasteiger partial charge in [0.05, 0.1) is 12.1 Å². The van der Waals surface area contributed by atoms with Gasteiger partial charge in [-0.3, -0.25) is 4.79 Å². The summed E-state index contributed by atoms with van der Waals surface area (Å²) in [6.07, 6.45) is 1.82. The first kappa shape index (κ1) is 14.0. The van der Waals surface area contributed by atoms with Crippen LogP contribution in [0.15, 0.2) is 30.3 Å². The van der Waals surface area contributed by atoms with E-state index in [1.165, 1.54) is 0 Å². The van der Waals surface area contributed by atoms with Gasteiger partial charge < -0.3 is 15.0 Å². The molecule has 1 heterocycles. The highest BCUT2D eigenvalue weighted by Gasteiger charge is 2.40. The van der Waals surface area contributed by atoms with E-state index in [2.05, 4.69) is 5.32 Å². The zero-order chi connectivity index (χ0) is 13.7. The second kappa shape index (κ2) is 6.17. The van der Waals surface area contributed by atoms with Crippen molar-refractivity contribution in [3.8, 4) is 0 Å². The number of carbonyl (C=O) groups excluding carboxylic acids is 1. The molecule has 1 aliphatic heterocycles. The van der Waals surface area contributed by atoms with Gasteiger partial charge in [0.15, 0.2) is 0 Å². The summed E-state index contributed by atoms with van der Waals surface area (Å²) in [6, 6.07) is 9.87. The van der Waals surface area contributed by atoms with Crippen LogP contribution in [0.3, 0.4) is 0 Å². The molecule has 0 radical (unpaired) electrons. The quantitative estimate of drug-likeness (QED) is 0.899. The molecule has 0 bridgehead atoms. The minimum Gasteiger partial charge on any atom is -0.382 e. The third-order valence-electron chi connectivity index (χ3n) is 3.75. The average molecular weight is 262 g/mol. The Balaban J connectivity index is 2.37. The number of methoxy groups -OCH3 is 1. The standard InChI is InChI=1S/C15H22N2O2/c1-13(18)17(14-6-4-3-5-7-14)15(12-19-2)8-10-16-11-9-15/h3-7,16H,8-12H2,1-2H3. The topological polar surface area (TPSA) is 41.6 Å². The Hall–Kier alpha value is -1.39. The van der Waals surface area contributed by atoms with Crippen molar-refractivity contribution in [3.63, 3.8) is 0 Å². The molecule has 1 fully saturated rings. The average Bonchev–Trinajstić information content (AvgIpc) is 2.41. The Kier molecular flexibility index (Phi) is 4.56. The summed E-state index contributed by atoms with van der Waals surface area (Å²) in [7, 11) is 1.70. The van der Waals surface area contributed by atoms with Gasteiger partial charge in [-0.25, -0.2) is 0 Å².